The molecule has 0 radical (unpaired) electrons. The topological polar surface area (TPSA) is 78.9 Å². The maximum absolute atomic E-state index is 11.9. The van der Waals surface area contributed by atoms with Crippen molar-refractivity contribution in [3.63, 3.8) is 0 Å². The molecule has 1 saturated heterocycles. The zero-order valence-corrected chi connectivity index (χ0v) is 11.2. The molecular weight excluding hydrogens is 236 g/mol. The summed E-state index contributed by atoms with van der Waals surface area (Å²) in [6.45, 7) is 5.23. The van der Waals surface area contributed by atoms with E-state index in [2.05, 4.69) is 19.2 Å². The number of carbonyl (C=O) groups is 2. The molecule has 18 heavy (non-hydrogen) atoms. The third-order valence-corrected chi connectivity index (χ3v) is 3.34. The number of carboxylic acid groups (broad SMARTS) is 1. The Hall–Kier alpha value is -1.30. The first-order valence-electron chi connectivity index (χ1n) is 6.27. The molecule has 2 amide bonds. The van der Waals surface area contributed by atoms with E-state index in [9.17, 15) is 9.59 Å². The number of hydrogen-bond donors (Lipinski definition) is 2. The van der Waals surface area contributed by atoms with Crippen molar-refractivity contribution in [1.82, 2.24) is 10.2 Å². The number of amides is 2. The first-order valence-corrected chi connectivity index (χ1v) is 6.27. The van der Waals surface area contributed by atoms with E-state index in [0.29, 0.717) is 12.5 Å². The standard InChI is InChI=1S/C12H22N2O4/c1-4-8(2)5-14(3)12(17)13-10-7-18-6-9(10)11(15)16/h8-10H,4-7H2,1-3H3,(H,13,17)(H,15,16). The lowest BCUT2D eigenvalue weighted by atomic mass is 10.0. The summed E-state index contributed by atoms with van der Waals surface area (Å²) in [7, 11) is 1.72. The molecule has 0 aliphatic carbocycles. The smallest absolute Gasteiger partial charge is 0.317 e. The second-order valence-electron chi connectivity index (χ2n) is 4.93. The van der Waals surface area contributed by atoms with Crippen LogP contribution in [0, 0.1) is 11.8 Å². The molecule has 104 valence electrons. The van der Waals surface area contributed by atoms with Crippen molar-refractivity contribution in [2.24, 2.45) is 11.8 Å². The van der Waals surface area contributed by atoms with Gasteiger partial charge >= 0.3 is 12.0 Å². The molecule has 1 rings (SSSR count). The minimum atomic E-state index is -0.928. The largest absolute Gasteiger partial charge is 0.481 e. The average Bonchev–Trinajstić information content (AvgIpc) is 2.76. The zero-order chi connectivity index (χ0) is 13.7. The Bertz CT molecular complexity index is 308. The number of aliphatic carboxylic acids is 1. The molecule has 0 spiro atoms. The molecule has 0 aromatic carbocycles. The summed E-state index contributed by atoms with van der Waals surface area (Å²) in [6, 6.07) is -0.675. The first kappa shape index (κ1) is 14.8. The van der Waals surface area contributed by atoms with Crippen molar-refractivity contribution in [2.75, 3.05) is 26.8 Å². The van der Waals surface area contributed by atoms with Crippen LogP contribution < -0.4 is 5.32 Å². The predicted molar refractivity (Wildman–Crippen MR) is 66.3 cm³/mol. The summed E-state index contributed by atoms with van der Waals surface area (Å²) >= 11 is 0. The fraction of sp³-hybridized carbons (Fsp3) is 0.833. The molecule has 1 fully saturated rings. The maximum Gasteiger partial charge on any atom is 0.317 e. The molecule has 6 heteroatoms. The van der Waals surface area contributed by atoms with Crippen LogP contribution in [0.2, 0.25) is 0 Å². The van der Waals surface area contributed by atoms with Crippen LogP contribution in [0.5, 0.6) is 0 Å². The fourth-order valence-electron chi connectivity index (χ4n) is 1.89. The van der Waals surface area contributed by atoms with Gasteiger partial charge in [-0.25, -0.2) is 4.79 Å². The number of hydrogen-bond acceptors (Lipinski definition) is 3. The number of rotatable bonds is 5. The molecule has 0 aromatic rings. The zero-order valence-electron chi connectivity index (χ0n) is 11.2. The molecule has 1 aliphatic rings. The highest BCUT2D eigenvalue weighted by Crippen LogP contribution is 2.14. The lowest BCUT2D eigenvalue weighted by molar-refractivity contribution is -0.142. The van der Waals surface area contributed by atoms with Crippen LogP contribution in [0.4, 0.5) is 4.79 Å². The van der Waals surface area contributed by atoms with Crippen LogP contribution in [0.15, 0.2) is 0 Å². The van der Waals surface area contributed by atoms with E-state index in [4.69, 9.17) is 9.84 Å². The molecule has 3 atom stereocenters. The van der Waals surface area contributed by atoms with E-state index in [0.717, 1.165) is 6.42 Å². The Kier molecular flexibility index (Phi) is 5.40. The van der Waals surface area contributed by atoms with E-state index in [-0.39, 0.29) is 19.2 Å². The third-order valence-electron chi connectivity index (χ3n) is 3.34. The summed E-state index contributed by atoms with van der Waals surface area (Å²) in [5, 5.41) is 11.7. The summed E-state index contributed by atoms with van der Waals surface area (Å²) < 4.78 is 5.10. The number of ether oxygens (including phenoxy) is 1. The maximum atomic E-state index is 11.9. The van der Waals surface area contributed by atoms with Gasteiger partial charge in [0.15, 0.2) is 0 Å². The van der Waals surface area contributed by atoms with Gasteiger partial charge in [0.05, 0.1) is 19.3 Å². The minimum Gasteiger partial charge on any atom is -0.481 e. The fourth-order valence-corrected chi connectivity index (χ4v) is 1.89. The van der Waals surface area contributed by atoms with Crippen molar-refractivity contribution in [3.05, 3.63) is 0 Å². The normalized spacial score (nSPS) is 24.6. The number of nitrogens with zero attached hydrogens (tertiary/aromatic N) is 1. The monoisotopic (exact) mass is 258 g/mol. The summed E-state index contributed by atoms with van der Waals surface area (Å²) in [4.78, 5) is 24.4. The molecule has 6 nitrogen and oxygen atoms in total. The van der Waals surface area contributed by atoms with Crippen molar-refractivity contribution in [2.45, 2.75) is 26.3 Å². The van der Waals surface area contributed by atoms with Crippen LogP contribution in [0.1, 0.15) is 20.3 Å². The third kappa shape index (κ3) is 3.87. The quantitative estimate of drug-likeness (QED) is 0.763. The van der Waals surface area contributed by atoms with E-state index in [1.807, 2.05) is 0 Å². The summed E-state index contributed by atoms with van der Waals surface area (Å²) in [5.41, 5.74) is 0. The molecule has 0 saturated carbocycles. The molecule has 3 unspecified atom stereocenters. The van der Waals surface area contributed by atoms with Gasteiger partial charge in [-0.15, -0.1) is 0 Å². The highest BCUT2D eigenvalue weighted by atomic mass is 16.5. The molecule has 2 N–H and O–H groups in total. The van der Waals surface area contributed by atoms with Crippen LogP contribution in [0.25, 0.3) is 0 Å². The van der Waals surface area contributed by atoms with E-state index in [1.165, 1.54) is 0 Å². The molecular formula is C12H22N2O4. The van der Waals surface area contributed by atoms with Gasteiger partial charge in [0.25, 0.3) is 0 Å². The summed E-state index contributed by atoms with van der Waals surface area (Å²) in [5.74, 6) is -1.15. The molecule has 0 aromatic heterocycles. The SMILES string of the molecule is CCC(C)CN(C)C(=O)NC1COCC1C(=O)O. The predicted octanol–water partition coefficient (Wildman–Crippen LogP) is 0.773. The number of urea groups is 1. The Balaban J connectivity index is 2.46. The van der Waals surface area contributed by atoms with Gasteiger partial charge in [0.2, 0.25) is 0 Å². The highest BCUT2D eigenvalue weighted by molar-refractivity contribution is 5.77. The van der Waals surface area contributed by atoms with Crippen molar-refractivity contribution in [1.29, 1.82) is 0 Å². The van der Waals surface area contributed by atoms with E-state index >= 15 is 0 Å². The Morgan fingerprint density at radius 3 is 2.72 bits per heavy atom. The van der Waals surface area contributed by atoms with Gasteiger partial charge in [-0.1, -0.05) is 20.3 Å². The Labute approximate surface area is 107 Å². The second kappa shape index (κ2) is 6.58. The van der Waals surface area contributed by atoms with Gasteiger partial charge in [0.1, 0.15) is 5.92 Å². The van der Waals surface area contributed by atoms with Crippen LogP contribution >= 0.6 is 0 Å². The Morgan fingerprint density at radius 2 is 2.17 bits per heavy atom. The van der Waals surface area contributed by atoms with E-state index < -0.39 is 17.9 Å². The Morgan fingerprint density at radius 1 is 1.50 bits per heavy atom. The molecule has 0 bridgehead atoms. The van der Waals surface area contributed by atoms with Crippen molar-refractivity contribution < 1.29 is 19.4 Å². The number of carbonyl (C=O) groups excluding carboxylic acids is 1. The molecule has 1 aliphatic heterocycles. The average molecular weight is 258 g/mol. The van der Waals surface area contributed by atoms with Gasteiger partial charge in [0, 0.05) is 13.6 Å². The lowest BCUT2D eigenvalue weighted by Gasteiger charge is -2.24. The van der Waals surface area contributed by atoms with Crippen LogP contribution in [-0.2, 0) is 9.53 Å². The van der Waals surface area contributed by atoms with Gasteiger partial charge in [-0.2, -0.15) is 0 Å². The second-order valence-corrected chi connectivity index (χ2v) is 4.93. The van der Waals surface area contributed by atoms with Gasteiger partial charge in [-0.05, 0) is 5.92 Å². The van der Waals surface area contributed by atoms with Crippen molar-refractivity contribution in [3.8, 4) is 0 Å². The summed E-state index contributed by atoms with van der Waals surface area (Å²) in [6.07, 6.45) is 1.00. The van der Waals surface area contributed by atoms with Crippen LogP contribution in [0.3, 0.4) is 0 Å². The van der Waals surface area contributed by atoms with Crippen LogP contribution in [-0.4, -0.2) is 54.9 Å². The first-order chi connectivity index (χ1) is 8.45. The van der Waals surface area contributed by atoms with Gasteiger partial charge < -0.3 is 20.1 Å². The number of carboxylic acids is 1. The van der Waals surface area contributed by atoms with Gasteiger partial charge in [-0.3, -0.25) is 4.79 Å². The van der Waals surface area contributed by atoms with E-state index in [1.54, 1.807) is 11.9 Å². The number of nitrogens with one attached hydrogen (secondary N) is 1. The highest BCUT2D eigenvalue weighted by Gasteiger charge is 2.35. The molecule has 1 heterocycles. The lowest BCUT2D eigenvalue weighted by Crippen LogP contribution is -2.48. The van der Waals surface area contributed by atoms with Crippen molar-refractivity contribution >= 4 is 12.0 Å². The minimum absolute atomic E-state index is 0.162.